The summed E-state index contributed by atoms with van der Waals surface area (Å²) < 4.78 is 5.49. The lowest BCUT2D eigenvalue weighted by Gasteiger charge is -2.48. The number of rotatable bonds is 3. The van der Waals surface area contributed by atoms with Gasteiger partial charge in [0.05, 0.1) is 5.60 Å². The van der Waals surface area contributed by atoms with Crippen LogP contribution in [0.4, 0.5) is 4.79 Å². The average molecular weight is 339 g/mol. The van der Waals surface area contributed by atoms with Crippen LogP contribution in [0.5, 0.6) is 0 Å². The molecule has 3 aliphatic rings. The van der Waals surface area contributed by atoms with Crippen LogP contribution >= 0.6 is 0 Å². The van der Waals surface area contributed by atoms with Crippen LogP contribution < -0.4 is 5.32 Å². The minimum absolute atomic E-state index is 0.00469. The molecule has 1 saturated carbocycles. The number of urea groups is 1. The Morgan fingerprint density at radius 2 is 2.00 bits per heavy atom. The van der Waals surface area contributed by atoms with Crippen molar-refractivity contribution in [2.75, 3.05) is 46.9 Å². The molecule has 2 N–H and O–H groups in total. The minimum Gasteiger partial charge on any atom is -0.389 e. The Labute approximate surface area is 145 Å². The predicted molar refractivity (Wildman–Crippen MR) is 93.0 cm³/mol. The topological polar surface area (TPSA) is 65.0 Å². The first-order valence-electron chi connectivity index (χ1n) is 9.46. The van der Waals surface area contributed by atoms with Gasteiger partial charge in [-0.15, -0.1) is 0 Å². The van der Waals surface area contributed by atoms with E-state index in [-0.39, 0.29) is 17.5 Å². The van der Waals surface area contributed by atoms with Crippen molar-refractivity contribution < 1.29 is 14.6 Å². The monoisotopic (exact) mass is 339 g/mol. The molecular formula is C18H33N3O3. The summed E-state index contributed by atoms with van der Waals surface area (Å²) in [5.41, 5.74) is -0.532. The van der Waals surface area contributed by atoms with E-state index in [1.807, 2.05) is 4.90 Å². The molecule has 138 valence electrons. The summed E-state index contributed by atoms with van der Waals surface area (Å²) in [7, 11) is 4.17. The number of likely N-dealkylation sites (N-methyl/N-ethyl adjacent to an activating group) is 1. The summed E-state index contributed by atoms with van der Waals surface area (Å²) >= 11 is 0. The Morgan fingerprint density at radius 1 is 1.25 bits per heavy atom. The largest absolute Gasteiger partial charge is 0.389 e. The molecule has 2 saturated heterocycles. The van der Waals surface area contributed by atoms with Crippen LogP contribution in [0.3, 0.4) is 0 Å². The van der Waals surface area contributed by atoms with Crippen LogP contribution in [0, 0.1) is 5.92 Å². The summed E-state index contributed by atoms with van der Waals surface area (Å²) in [6, 6.07) is 0.0235. The quantitative estimate of drug-likeness (QED) is 0.816. The number of hydrogen-bond acceptors (Lipinski definition) is 4. The molecule has 2 aliphatic heterocycles. The van der Waals surface area contributed by atoms with E-state index in [9.17, 15) is 9.90 Å². The van der Waals surface area contributed by atoms with Gasteiger partial charge >= 0.3 is 6.03 Å². The summed E-state index contributed by atoms with van der Waals surface area (Å²) in [6.07, 6.45) is 6.85. The minimum atomic E-state index is -0.527. The molecule has 6 heteroatoms. The maximum atomic E-state index is 12.7. The zero-order valence-corrected chi connectivity index (χ0v) is 15.2. The lowest BCUT2D eigenvalue weighted by molar-refractivity contribution is -0.0873. The van der Waals surface area contributed by atoms with Crippen molar-refractivity contribution in [2.24, 2.45) is 5.92 Å². The molecule has 0 aromatic heterocycles. The number of carbonyl (C=O) groups is 1. The summed E-state index contributed by atoms with van der Waals surface area (Å²) in [4.78, 5) is 16.8. The smallest absolute Gasteiger partial charge is 0.317 e. The van der Waals surface area contributed by atoms with Crippen molar-refractivity contribution >= 4 is 6.03 Å². The zero-order chi connectivity index (χ0) is 17.2. The third-order valence-corrected chi connectivity index (χ3v) is 6.66. The molecule has 24 heavy (non-hydrogen) atoms. The van der Waals surface area contributed by atoms with Crippen molar-refractivity contribution in [1.29, 1.82) is 0 Å². The molecule has 3 fully saturated rings. The van der Waals surface area contributed by atoms with Crippen molar-refractivity contribution in [3.8, 4) is 0 Å². The van der Waals surface area contributed by atoms with Crippen molar-refractivity contribution in [3.63, 3.8) is 0 Å². The second-order valence-corrected chi connectivity index (χ2v) is 8.13. The summed E-state index contributed by atoms with van der Waals surface area (Å²) in [5.74, 6) is 0.247. The van der Waals surface area contributed by atoms with Gasteiger partial charge in [-0.1, -0.05) is 12.8 Å². The number of fused-ring (bicyclic) bond motifs is 1. The van der Waals surface area contributed by atoms with E-state index in [2.05, 4.69) is 24.3 Å². The van der Waals surface area contributed by atoms with Crippen LogP contribution in [-0.4, -0.2) is 79.0 Å². The van der Waals surface area contributed by atoms with Crippen molar-refractivity contribution in [3.05, 3.63) is 0 Å². The fraction of sp³-hybridized carbons (Fsp3) is 0.944. The highest BCUT2D eigenvalue weighted by molar-refractivity contribution is 5.74. The fourth-order valence-electron chi connectivity index (χ4n) is 4.64. The third-order valence-electron chi connectivity index (χ3n) is 6.66. The van der Waals surface area contributed by atoms with Crippen LogP contribution in [0.2, 0.25) is 0 Å². The molecule has 0 aromatic rings. The van der Waals surface area contributed by atoms with E-state index < -0.39 is 5.60 Å². The third kappa shape index (κ3) is 3.55. The molecule has 0 bridgehead atoms. The Balaban J connectivity index is 1.55. The first kappa shape index (κ1) is 18.0. The molecule has 2 atom stereocenters. The Kier molecular flexibility index (Phi) is 5.37. The normalized spacial score (nSPS) is 33.2. The maximum absolute atomic E-state index is 12.7. The summed E-state index contributed by atoms with van der Waals surface area (Å²) in [6.45, 7) is 3.53. The number of ether oxygens (including phenoxy) is 1. The van der Waals surface area contributed by atoms with E-state index in [0.717, 1.165) is 51.7 Å². The number of amides is 2. The van der Waals surface area contributed by atoms with Crippen LogP contribution in [-0.2, 0) is 4.74 Å². The number of nitrogens with one attached hydrogen (secondary N) is 1. The number of aliphatic hydroxyl groups is 1. The molecule has 3 rings (SSSR count). The molecule has 1 aliphatic carbocycles. The molecule has 0 radical (unpaired) electrons. The predicted octanol–water partition coefficient (Wildman–Crippen LogP) is 1.43. The van der Waals surface area contributed by atoms with Gasteiger partial charge in [-0.2, -0.15) is 0 Å². The van der Waals surface area contributed by atoms with E-state index in [1.165, 1.54) is 6.42 Å². The van der Waals surface area contributed by atoms with Crippen LogP contribution in [0.25, 0.3) is 0 Å². The standard InChI is InChI=1S/C18H33N3O3/c1-20(2)17(8-11-24-12-9-17)14-19-16(22)21-10-7-18(23)6-4-3-5-15(18)13-21/h15,23H,3-14H2,1-2H3,(H,19,22). The van der Waals surface area contributed by atoms with Gasteiger partial charge in [0, 0.05) is 44.3 Å². The molecule has 2 amide bonds. The van der Waals surface area contributed by atoms with Gasteiger partial charge in [0.25, 0.3) is 0 Å². The number of hydrogen-bond donors (Lipinski definition) is 2. The number of piperidine rings is 1. The van der Waals surface area contributed by atoms with Gasteiger partial charge in [0.1, 0.15) is 0 Å². The van der Waals surface area contributed by atoms with Crippen molar-refractivity contribution in [2.45, 2.75) is 56.1 Å². The van der Waals surface area contributed by atoms with Gasteiger partial charge in [0.2, 0.25) is 0 Å². The first-order chi connectivity index (χ1) is 11.5. The Morgan fingerprint density at radius 3 is 2.71 bits per heavy atom. The average Bonchev–Trinajstić information content (AvgIpc) is 2.59. The fourth-order valence-corrected chi connectivity index (χ4v) is 4.64. The number of nitrogens with zero attached hydrogens (tertiary/aromatic N) is 2. The van der Waals surface area contributed by atoms with Crippen molar-refractivity contribution in [1.82, 2.24) is 15.1 Å². The molecule has 2 unspecified atom stereocenters. The molecule has 2 heterocycles. The Bertz CT molecular complexity index is 451. The molecule has 6 nitrogen and oxygen atoms in total. The second kappa shape index (κ2) is 7.18. The van der Waals surface area contributed by atoms with Gasteiger partial charge in [-0.25, -0.2) is 4.79 Å². The van der Waals surface area contributed by atoms with Gasteiger partial charge in [-0.05, 0) is 46.2 Å². The van der Waals surface area contributed by atoms with Gasteiger partial charge in [0.15, 0.2) is 0 Å². The lowest BCUT2D eigenvalue weighted by atomic mass is 9.71. The van der Waals surface area contributed by atoms with Gasteiger partial charge < -0.3 is 25.0 Å². The van der Waals surface area contributed by atoms with Crippen LogP contribution in [0.1, 0.15) is 44.9 Å². The molecular weight excluding hydrogens is 306 g/mol. The van der Waals surface area contributed by atoms with E-state index in [0.29, 0.717) is 19.6 Å². The zero-order valence-electron chi connectivity index (χ0n) is 15.2. The highest BCUT2D eigenvalue weighted by Crippen LogP contribution is 2.39. The number of carbonyl (C=O) groups excluding carboxylic acids is 1. The van der Waals surface area contributed by atoms with E-state index in [1.54, 1.807) is 0 Å². The second-order valence-electron chi connectivity index (χ2n) is 8.13. The number of likely N-dealkylation sites (tertiary alicyclic amines) is 1. The molecule has 0 spiro atoms. The summed E-state index contributed by atoms with van der Waals surface area (Å²) in [5, 5.41) is 13.9. The van der Waals surface area contributed by atoms with Gasteiger partial charge in [-0.3, -0.25) is 0 Å². The molecule has 0 aromatic carbocycles. The highest BCUT2D eigenvalue weighted by Gasteiger charge is 2.44. The first-order valence-corrected chi connectivity index (χ1v) is 9.46. The van der Waals surface area contributed by atoms with E-state index in [4.69, 9.17) is 4.74 Å². The maximum Gasteiger partial charge on any atom is 0.317 e. The van der Waals surface area contributed by atoms with E-state index >= 15 is 0 Å². The highest BCUT2D eigenvalue weighted by atomic mass is 16.5. The lowest BCUT2D eigenvalue weighted by Crippen LogP contribution is -2.60. The SMILES string of the molecule is CN(C)C1(CNC(=O)N2CCC3(O)CCCCC3C2)CCOCC1. The van der Waals surface area contributed by atoms with Crippen LogP contribution in [0.15, 0.2) is 0 Å². The Hall–Kier alpha value is -0.850.